The molecule has 0 saturated heterocycles. The van der Waals surface area contributed by atoms with Crippen molar-refractivity contribution in [1.82, 2.24) is 5.32 Å². The quantitative estimate of drug-likeness (QED) is 0.754. The first-order valence-corrected chi connectivity index (χ1v) is 10.1. The summed E-state index contributed by atoms with van der Waals surface area (Å²) in [5.41, 5.74) is 2.89. The number of amides is 1. The van der Waals surface area contributed by atoms with Crippen LogP contribution >= 0.6 is 0 Å². The van der Waals surface area contributed by atoms with E-state index in [9.17, 15) is 4.79 Å². The fraction of sp³-hybridized carbons (Fsp3) is 0.458. The zero-order valence-electron chi connectivity index (χ0n) is 18.2. The molecule has 0 radical (unpaired) electrons. The number of hydrogen-bond donors (Lipinski definition) is 1. The minimum atomic E-state index is -0.558. The third-order valence-corrected chi connectivity index (χ3v) is 5.41. The molecule has 2 aromatic rings. The highest BCUT2D eigenvalue weighted by atomic mass is 16.5. The van der Waals surface area contributed by atoms with Crippen LogP contribution in [0.1, 0.15) is 56.3 Å². The first-order chi connectivity index (χ1) is 13.7. The Labute approximate surface area is 173 Å². The van der Waals surface area contributed by atoms with Gasteiger partial charge in [0.2, 0.25) is 0 Å². The lowest BCUT2D eigenvalue weighted by molar-refractivity contribution is -0.129. The standard InChI is InChI=1S/C24H31NO4/c1-7-21(28-18-9-8-15(2)16(3)12-18)23(26)25-20-14-24(4,5)29-22-11-10-17(27-6)13-19(20)22/h8-13,20-21H,7,14H2,1-6H3,(H,25,26)/t20-,21-/m0/s1. The van der Waals surface area contributed by atoms with E-state index in [0.717, 1.165) is 22.6 Å². The van der Waals surface area contributed by atoms with Crippen LogP contribution in [-0.2, 0) is 4.79 Å². The van der Waals surface area contributed by atoms with Crippen LogP contribution in [0.4, 0.5) is 0 Å². The molecule has 0 unspecified atom stereocenters. The highest BCUT2D eigenvalue weighted by Gasteiger charge is 2.36. The summed E-state index contributed by atoms with van der Waals surface area (Å²) in [6.07, 6.45) is 0.687. The predicted octanol–water partition coefficient (Wildman–Crippen LogP) is 4.89. The van der Waals surface area contributed by atoms with Crippen LogP contribution in [0, 0.1) is 13.8 Å². The second-order valence-electron chi connectivity index (χ2n) is 8.29. The van der Waals surface area contributed by atoms with Crippen LogP contribution in [0.15, 0.2) is 36.4 Å². The summed E-state index contributed by atoms with van der Waals surface area (Å²) in [5, 5.41) is 3.18. The van der Waals surface area contributed by atoms with E-state index in [2.05, 4.69) is 12.2 Å². The molecule has 0 aromatic heterocycles. The van der Waals surface area contributed by atoms with Gasteiger partial charge in [-0.3, -0.25) is 4.79 Å². The van der Waals surface area contributed by atoms with E-state index in [0.29, 0.717) is 18.6 Å². The number of hydrogen-bond acceptors (Lipinski definition) is 4. The fourth-order valence-electron chi connectivity index (χ4n) is 3.63. The lowest BCUT2D eigenvalue weighted by Crippen LogP contribution is -2.45. The number of nitrogens with one attached hydrogen (secondary N) is 1. The zero-order valence-corrected chi connectivity index (χ0v) is 18.2. The molecule has 5 nitrogen and oxygen atoms in total. The molecule has 1 aliphatic heterocycles. The van der Waals surface area contributed by atoms with E-state index in [1.54, 1.807) is 7.11 Å². The number of aryl methyl sites for hydroxylation is 2. The SMILES string of the molecule is CC[C@H](Oc1ccc(C)c(C)c1)C(=O)N[C@H]1CC(C)(C)Oc2ccc(OC)cc21. The Bertz CT molecular complexity index is 890. The van der Waals surface area contributed by atoms with Gasteiger partial charge in [-0.2, -0.15) is 0 Å². The van der Waals surface area contributed by atoms with Crippen molar-refractivity contribution in [2.24, 2.45) is 0 Å². The molecule has 29 heavy (non-hydrogen) atoms. The smallest absolute Gasteiger partial charge is 0.261 e. The van der Waals surface area contributed by atoms with Gasteiger partial charge in [0.05, 0.1) is 13.2 Å². The Balaban J connectivity index is 1.80. The van der Waals surface area contributed by atoms with Gasteiger partial charge in [-0.1, -0.05) is 13.0 Å². The van der Waals surface area contributed by atoms with Crippen LogP contribution in [0.2, 0.25) is 0 Å². The number of ether oxygens (including phenoxy) is 3. The highest BCUT2D eigenvalue weighted by molar-refractivity contribution is 5.81. The number of benzene rings is 2. The number of fused-ring (bicyclic) bond motifs is 1. The molecule has 1 heterocycles. The van der Waals surface area contributed by atoms with Crippen LogP contribution in [0.25, 0.3) is 0 Å². The molecule has 0 aliphatic carbocycles. The minimum absolute atomic E-state index is 0.123. The van der Waals surface area contributed by atoms with Crippen molar-refractivity contribution in [3.05, 3.63) is 53.1 Å². The van der Waals surface area contributed by atoms with Crippen molar-refractivity contribution in [3.63, 3.8) is 0 Å². The van der Waals surface area contributed by atoms with Crippen molar-refractivity contribution >= 4 is 5.91 Å². The number of methoxy groups -OCH3 is 1. The molecule has 3 rings (SSSR count). The van der Waals surface area contributed by atoms with E-state index in [1.807, 2.05) is 64.1 Å². The van der Waals surface area contributed by atoms with Gasteiger partial charge in [-0.25, -0.2) is 0 Å². The van der Waals surface area contributed by atoms with Crippen LogP contribution in [0.5, 0.6) is 17.2 Å². The largest absolute Gasteiger partial charge is 0.497 e. The van der Waals surface area contributed by atoms with E-state index in [-0.39, 0.29) is 17.6 Å². The van der Waals surface area contributed by atoms with Crippen molar-refractivity contribution in [2.75, 3.05) is 7.11 Å². The van der Waals surface area contributed by atoms with Gasteiger partial charge >= 0.3 is 0 Å². The topological polar surface area (TPSA) is 56.8 Å². The van der Waals surface area contributed by atoms with Crippen LogP contribution < -0.4 is 19.5 Å². The van der Waals surface area contributed by atoms with Crippen LogP contribution in [0.3, 0.4) is 0 Å². The monoisotopic (exact) mass is 397 g/mol. The highest BCUT2D eigenvalue weighted by Crippen LogP contribution is 2.41. The van der Waals surface area contributed by atoms with Crippen LogP contribution in [-0.4, -0.2) is 24.7 Å². The molecular formula is C24H31NO4. The van der Waals surface area contributed by atoms with Gasteiger partial charge in [-0.05, 0) is 75.6 Å². The Morgan fingerprint density at radius 3 is 2.55 bits per heavy atom. The maximum absolute atomic E-state index is 13.1. The molecule has 0 saturated carbocycles. The first-order valence-electron chi connectivity index (χ1n) is 10.1. The van der Waals surface area contributed by atoms with Gasteiger partial charge in [0.1, 0.15) is 22.8 Å². The second kappa shape index (κ2) is 8.36. The Morgan fingerprint density at radius 1 is 1.17 bits per heavy atom. The second-order valence-corrected chi connectivity index (χ2v) is 8.29. The van der Waals surface area contributed by atoms with E-state index < -0.39 is 6.10 Å². The molecule has 5 heteroatoms. The van der Waals surface area contributed by atoms with E-state index in [1.165, 1.54) is 5.56 Å². The van der Waals surface area contributed by atoms with E-state index in [4.69, 9.17) is 14.2 Å². The van der Waals surface area contributed by atoms with Gasteiger partial charge in [0.15, 0.2) is 6.10 Å². The van der Waals surface area contributed by atoms with Crippen molar-refractivity contribution in [2.45, 2.75) is 65.2 Å². The average molecular weight is 398 g/mol. The van der Waals surface area contributed by atoms with Gasteiger partial charge in [0, 0.05) is 12.0 Å². The Kier molecular flexibility index (Phi) is 6.06. The molecule has 1 aliphatic rings. The molecule has 0 spiro atoms. The zero-order chi connectivity index (χ0) is 21.2. The first kappa shape index (κ1) is 21.0. The summed E-state index contributed by atoms with van der Waals surface area (Å²) in [4.78, 5) is 13.1. The maximum atomic E-state index is 13.1. The predicted molar refractivity (Wildman–Crippen MR) is 114 cm³/mol. The normalized spacial score (nSPS) is 18.2. The summed E-state index contributed by atoms with van der Waals surface area (Å²) in [7, 11) is 1.63. The average Bonchev–Trinajstić information content (AvgIpc) is 2.67. The molecule has 0 fully saturated rings. The lowest BCUT2D eigenvalue weighted by atomic mass is 9.89. The van der Waals surface area contributed by atoms with Crippen molar-refractivity contribution in [3.8, 4) is 17.2 Å². The van der Waals surface area contributed by atoms with Gasteiger partial charge in [-0.15, -0.1) is 0 Å². The summed E-state index contributed by atoms with van der Waals surface area (Å²) in [5.74, 6) is 2.10. The van der Waals surface area contributed by atoms with Crippen molar-refractivity contribution < 1.29 is 19.0 Å². The number of carbonyl (C=O) groups is 1. The molecule has 1 amide bonds. The Morgan fingerprint density at radius 2 is 1.90 bits per heavy atom. The van der Waals surface area contributed by atoms with Gasteiger partial charge < -0.3 is 19.5 Å². The summed E-state index contributed by atoms with van der Waals surface area (Å²) >= 11 is 0. The Hall–Kier alpha value is -2.69. The molecule has 1 N–H and O–H groups in total. The van der Waals surface area contributed by atoms with Gasteiger partial charge in [0.25, 0.3) is 5.91 Å². The van der Waals surface area contributed by atoms with Crippen molar-refractivity contribution in [1.29, 1.82) is 0 Å². The minimum Gasteiger partial charge on any atom is -0.497 e. The summed E-state index contributed by atoms with van der Waals surface area (Å²) in [6, 6.07) is 11.4. The molecule has 2 atom stereocenters. The molecule has 156 valence electrons. The third-order valence-electron chi connectivity index (χ3n) is 5.41. The number of rotatable bonds is 6. The molecule has 0 bridgehead atoms. The number of carbonyl (C=O) groups excluding carboxylic acids is 1. The fourth-order valence-corrected chi connectivity index (χ4v) is 3.63. The molecular weight excluding hydrogens is 366 g/mol. The third kappa shape index (κ3) is 4.84. The maximum Gasteiger partial charge on any atom is 0.261 e. The lowest BCUT2D eigenvalue weighted by Gasteiger charge is -2.38. The molecule has 2 aromatic carbocycles. The van der Waals surface area contributed by atoms with E-state index >= 15 is 0 Å². The summed E-state index contributed by atoms with van der Waals surface area (Å²) in [6.45, 7) is 10.1. The summed E-state index contributed by atoms with van der Waals surface area (Å²) < 4.78 is 17.5.